The van der Waals surface area contributed by atoms with Crippen molar-refractivity contribution in [2.24, 2.45) is 0 Å². The molecule has 0 aliphatic heterocycles. The van der Waals surface area contributed by atoms with Gasteiger partial charge in [0, 0.05) is 5.41 Å². The summed E-state index contributed by atoms with van der Waals surface area (Å²) in [4.78, 5) is 24.1. The second kappa shape index (κ2) is 8.74. The number of carbonyl (C=O) groups excluding carboxylic acids is 2. The molecule has 2 unspecified atom stereocenters. The fourth-order valence-electron chi connectivity index (χ4n) is 3.50. The highest BCUT2D eigenvalue weighted by atomic mass is 16.5. The molecule has 0 aliphatic rings. The minimum absolute atomic E-state index is 0.0583. The number of carbonyl (C=O) groups is 2. The van der Waals surface area contributed by atoms with Gasteiger partial charge in [-0.3, -0.25) is 0 Å². The van der Waals surface area contributed by atoms with Gasteiger partial charge in [0.2, 0.25) is 0 Å². The van der Waals surface area contributed by atoms with Gasteiger partial charge >= 0.3 is 5.97 Å². The van der Waals surface area contributed by atoms with Gasteiger partial charge in [-0.2, -0.15) is 0 Å². The van der Waals surface area contributed by atoms with E-state index in [0.717, 1.165) is 17.5 Å². The van der Waals surface area contributed by atoms with Crippen molar-refractivity contribution in [3.63, 3.8) is 0 Å². The van der Waals surface area contributed by atoms with Crippen LogP contribution >= 0.6 is 0 Å². The molecule has 0 N–H and O–H groups in total. The Morgan fingerprint density at radius 3 is 2.07 bits per heavy atom. The Morgan fingerprint density at radius 1 is 0.897 bits per heavy atom. The van der Waals surface area contributed by atoms with E-state index in [4.69, 9.17) is 4.74 Å². The first kappa shape index (κ1) is 20.3. The van der Waals surface area contributed by atoms with E-state index in [-0.39, 0.29) is 11.1 Å². The minimum atomic E-state index is -1.33. The summed E-state index contributed by atoms with van der Waals surface area (Å²) in [5, 5.41) is 11.1. The topological polar surface area (TPSA) is 66.4 Å². The lowest BCUT2D eigenvalue weighted by atomic mass is 9.73. The van der Waals surface area contributed by atoms with Crippen molar-refractivity contribution in [2.45, 2.75) is 31.8 Å². The van der Waals surface area contributed by atoms with Crippen LogP contribution in [0.3, 0.4) is 0 Å². The number of benzene rings is 3. The van der Waals surface area contributed by atoms with E-state index in [2.05, 4.69) is 13.8 Å². The maximum Gasteiger partial charge on any atom is 0.338 e. The third-order valence-electron chi connectivity index (χ3n) is 5.41. The number of ether oxygens (including phenoxy) is 1. The highest BCUT2D eigenvalue weighted by Crippen LogP contribution is 2.42. The molecular weight excluding hydrogens is 364 g/mol. The molecule has 0 spiro atoms. The van der Waals surface area contributed by atoms with Gasteiger partial charge < -0.3 is 14.6 Å². The summed E-state index contributed by atoms with van der Waals surface area (Å²) in [7, 11) is 0. The van der Waals surface area contributed by atoms with Crippen LogP contribution in [0.15, 0.2) is 84.9 Å². The maximum absolute atomic E-state index is 13.0. The molecule has 0 fully saturated rings. The first-order valence-corrected chi connectivity index (χ1v) is 9.58. The van der Waals surface area contributed by atoms with Crippen molar-refractivity contribution in [2.75, 3.05) is 0 Å². The molecule has 0 aliphatic carbocycles. The van der Waals surface area contributed by atoms with Gasteiger partial charge in [-0.05, 0) is 35.2 Å². The van der Waals surface area contributed by atoms with E-state index in [1.54, 1.807) is 6.07 Å². The highest BCUT2D eigenvalue weighted by molar-refractivity contribution is 5.94. The summed E-state index contributed by atoms with van der Waals surface area (Å²) in [5.74, 6) is -1.90. The van der Waals surface area contributed by atoms with Crippen molar-refractivity contribution in [1.82, 2.24) is 0 Å². The quantitative estimate of drug-likeness (QED) is 0.567. The van der Waals surface area contributed by atoms with Gasteiger partial charge in [0.1, 0.15) is 6.10 Å². The molecule has 3 aromatic carbocycles. The summed E-state index contributed by atoms with van der Waals surface area (Å²) in [6.45, 7) is 4.14. The predicted molar refractivity (Wildman–Crippen MR) is 109 cm³/mol. The average molecular weight is 387 g/mol. The van der Waals surface area contributed by atoms with Crippen LogP contribution in [0.2, 0.25) is 0 Å². The van der Waals surface area contributed by atoms with Crippen LogP contribution in [-0.2, 0) is 10.2 Å². The van der Waals surface area contributed by atoms with Crippen LogP contribution in [0, 0.1) is 0 Å². The Labute approximate surface area is 170 Å². The van der Waals surface area contributed by atoms with Crippen molar-refractivity contribution in [3.8, 4) is 0 Å². The molecule has 0 saturated heterocycles. The summed E-state index contributed by atoms with van der Waals surface area (Å²) in [6, 6.07) is 25.3. The van der Waals surface area contributed by atoms with Crippen LogP contribution in [-0.4, -0.2) is 11.9 Å². The first-order valence-electron chi connectivity index (χ1n) is 9.58. The zero-order valence-electron chi connectivity index (χ0n) is 16.5. The smallest absolute Gasteiger partial charge is 0.338 e. The fourth-order valence-corrected chi connectivity index (χ4v) is 3.50. The van der Waals surface area contributed by atoms with Crippen molar-refractivity contribution in [3.05, 3.63) is 107 Å². The minimum Gasteiger partial charge on any atom is -0.545 e. The molecule has 0 amide bonds. The SMILES string of the molecule is CCC(C)(c1ccccc1)C(OC(=O)c1cccc(C(=O)[O-])c1)c1ccccc1. The molecule has 148 valence electrons. The highest BCUT2D eigenvalue weighted by Gasteiger charge is 2.38. The summed E-state index contributed by atoms with van der Waals surface area (Å²) < 4.78 is 6.02. The Hall–Kier alpha value is -3.40. The van der Waals surface area contributed by atoms with Crippen LogP contribution in [0.4, 0.5) is 0 Å². The number of hydrogen-bond acceptors (Lipinski definition) is 4. The van der Waals surface area contributed by atoms with Crippen LogP contribution in [0.1, 0.15) is 58.2 Å². The Kier molecular flexibility index (Phi) is 6.13. The lowest BCUT2D eigenvalue weighted by Crippen LogP contribution is -2.33. The molecule has 0 bridgehead atoms. The molecule has 0 aromatic heterocycles. The summed E-state index contributed by atoms with van der Waals surface area (Å²) in [5.41, 5.74) is 1.60. The average Bonchev–Trinajstić information content (AvgIpc) is 2.78. The van der Waals surface area contributed by atoms with E-state index in [0.29, 0.717) is 0 Å². The summed E-state index contributed by atoms with van der Waals surface area (Å²) >= 11 is 0. The Bertz CT molecular complexity index is 982. The number of hydrogen-bond donors (Lipinski definition) is 0. The van der Waals surface area contributed by atoms with Crippen molar-refractivity contribution in [1.29, 1.82) is 0 Å². The molecule has 4 heteroatoms. The zero-order valence-corrected chi connectivity index (χ0v) is 16.5. The molecule has 3 aromatic rings. The molecular formula is C25H23O4-. The van der Waals surface area contributed by atoms with E-state index >= 15 is 0 Å². The monoisotopic (exact) mass is 387 g/mol. The van der Waals surface area contributed by atoms with Gasteiger partial charge in [0.25, 0.3) is 0 Å². The van der Waals surface area contributed by atoms with E-state index < -0.39 is 23.5 Å². The summed E-state index contributed by atoms with van der Waals surface area (Å²) in [6.07, 6.45) is 0.193. The van der Waals surface area contributed by atoms with Crippen LogP contribution in [0.5, 0.6) is 0 Å². The van der Waals surface area contributed by atoms with E-state index in [1.165, 1.54) is 18.2 Å². The third-order valence-corrected chi connectivity index (χ3v) is 5.41. The molecule has 0 radical (unpaired) electrons. The number of aromatic carboxylic acids is 1. The molecule has 4 nitrogen and oxygen atoms in total. The lowest BCUT2D eigenvalue weighted by molar-refractivity contribution is -0.255. The lowest BCUT2D eigenvalue weighted by Gasteiger charge is -2.37. The van der Waals surface area contributed by atoms with Gasteiger partial charge in [-0.1, -0.05) is 86.6 Å². The van der Waals surface area contributed by atoms with E-state index in [9.17, 15) is 14.7 Å². The van der Waals surface area contributed by atoms with Gasteiger partial charge in [0.05, 0.1) is 11.5 Å². The van der Waals surface area contributed by atoms with Crippen LogP contribution < -0.4 is 5.11 Å². The molecule has 0 heterocycles. The largest absolute Gasteiger partial charge is 0.545 e. The standard InChI is InChI=1S/C25H24O4/c1-3-25(2,21-15-8-5-9-16-21)22(18-11-6-4-7-12-18)29-24(28)20-14-10-13-19(17-20)23(26)27/h4-17,22H,3H2,1-2H3,(H,26,27)/p-1. The zero-order chi connectivity index (χ0) is 20.9. The normalized spacial score (nSPS) is 13.9. The van der Waals surface area contributed by atoms with Crippen molar-refractivity contribution < 1.29 is 19.4 Å². The number of carboxylic acids is 1. The molecule has 0 saturated carbocycles. The second-order valence-corrected chi connectivity index (χ2v) is 7.20. The van der Waals surface area contributed by atoms with Gasteiger partial charge in [-0.25, -0.2) is 4.79 Å². The number of rotatable bonds is 7. The van der Waals surface area contributed by atoms with Gasteiger partial charge in [-0.15, -0.1) is 0 Å². The molecule has 2 atom stereocenters. The van der Waals surface area contributed by atoms with E-state index in [1.807, 2.05) is 60.7 Å². The second-order valence-electron chi connectivity index (χ2n) is 7.20. The maximum atomic E-state index is 13.0. The fraction of sp³-hybridized carbons (Fsp3) is 0.200. The predicted octanol–water partition coefficient (Wildman–Crippen LogP) is 4.32. The Morgan fingerprint density at radius 2 is 1.48 bits per heavy atom. The third kappa shape index (κ3) is 4.37. The molecule has 3 rings (SSSR count). The van der Waals surface area contributed by atoms with Crippen LogP contribution in [0.25, 0.3) is 0 Å². The first-order chi connectivity index (χ1) is 14.0. The number of esters is 1. The number of carboxylic acid groups (broad SMARTS) is 1. The van der Waals surface area contributed by atoms with Gasteiger partial charge in [0.15, 0.2) is 0 Å². The molecule has 29 heavy (non-hydrogen) atoms. The Balaban J connectivity index is 2.02. The van der Waals surface area contributed by atoms with Crippen molar-refractivity contribution >= 4 is 11.9 Å².